The van der Waals surface area contributed by atoms with Gasteiger partial charge in [0.15, 0.2) is 0 Å². The molecule has 1 atom stereocenters. The predicted molar refractivity (Wildman–Crippen MR) is 80.3 cm³/mol. The minimum absolute atomic E-state index is 0. The molecule has 0 bridgehead atoms. The lowest BCUT2D eigenvalue weighted by Gasteiger charge is -2.23. The zero-order valence-electron chi connectivity index (χ0n) is 10.8. The van der Waals surface area contributed by atoms with Gasteiger partial charge in [-0.3, -0.25) is 0 Å². The van der Waals surface area contributed by atoms with E-state index in [2.05, 4.69) is 41.7 Å². The fourth-order valence-corrected chi connectivity index (χ4v) is 3.16. The highest BCUT2D eigenvalue weighted by Gasteiger charge is 2.19. The molecule has 98 valence electrons. The Morgan fingerprint density at radius 3 is 2.67 bits per heavy atom. The van der Waals surface area contributed by atoms with Crippen molar-refractivity contribution in [2.24, 2.45) is 5.92 Å². The summed E-state index contributed by atoms with van der Waals surface area (Å²) in [5.74, 6) is 1.64. The average Bonchev–Trinajstić information content (AvgIpc) is 2.81. The first-order valence-electron chi connectivity index (χ1n) is 6.91. The molecule has 0 spiro atoms. The standard InChI is InChI=1S/C16H21N.ClH/c1-2-4-16-14(3-1)7-8-15(16)6-5-13-9-11-17-12-10-13;/h1-4,7-8,13,15,17H,5-6,9-12H2;1H. The molecule has 3 rings (SSSR count). The number of benzene rings is 1. The third-order valence-electron chi connectivity index (χ3n) is 4.25. The summed E-state index contributed by atoms with van der Waals surface area (Å²) < 4.78 is 0. The lowest BCUT2D eigenvalue weighted by Crippen LogP contribution is -2.27. The summed E-state index contributed by atoms with van der Waals surface area (Å²) in [6, 6.07) is 8.83. The largest absolute Gasteiger partial charge is 0.317 e. The second-order valence-electron chi connectivity index (χ2n) is 5.37. The van der Waals surface area contributed by atoms with E-state index in [-0.39, 0.29) is 12.4 Å². The normalized spacial score (nSPS) is 22.6. The molecule has 1 unspecified atom stereocenters. The average molecular weight is 264 g/mol. The van der Waals surface area contributed by atoms with Crippen molar-refractivity contribution in [1.29, 1.82) is 0 Å². The Labute approximate surface area is 116 Å². The number of allylic oxidation sites excluding steroid dienone is 1. The number of piperidine rings is 1. The molecule has 1 nitrogen and oxygen atoms in total. The Morgan fingerprint density at radius 1 is 1.06 bits per heavy atom. The highest BCUT2D eigenvalue weighted by Crippen LogP contribution is 2.34. The van der Waals surface area contributed by atoms with Crippen LogP contribution in [-0.4, -0.2) is 13.1 Å². The smallest absolute Gasteiger partial charge is 0.00273 e. The van der Waals surface area contributed by atoms with Crippen LogP contribution in [0.1, 0.15) is 42.7 Å². The van der Waals surface area contributed by atoms with Crippen LogP contribution in [0.4, 0.5) is 0 Å². The van der Waals surface area contributed by atoms with Crippen LogP contribution < -0.4 is 5.32 Å². The first-order chi connectivity index (χ1) is 8.43. The summed E-state index contributed by atoms with van der Waals surface area (Å²) >= 11 is 0. The maximum atomic E-state index is 3.44. The maximum absolute atomic E-state index is 3.44. The first-order valence-corrected chi connectivity index (χ1v) is 6.91. The number of halogens is 1. The summed E-state index contributed by atoms with van der Waals surface area (Å²) in [6.45, 7) is 2.45. The van der Waals surface area contributed by atoms with Crippen LogP contribution in [0.3, 0.4) is 0 Å². The fraction of sp³-hybridized carbons (Fsp3) is 0.500. The summed E-state index contributed by atoms with van der Waals surface area (Å²) in [4.78, 5) is 0. The number of rotatable bonds is 3. The van der Waals surface area contributed by atoms with Crippen molar-refractivity contribution in [3.8, 4) is 0 Å². The van der Waals surface area contributed by atoms with Gasteiger partial charge in [-0.15, -0.1) is 12.4 Å². The van der Waals surface area contributed by atoms with Crippen LogP contribution in [0, 0.1) is 5.92 Å². The van der Waals surface area contributed by atoms with Gasteiger partial charge in [0, 0.05) is 5.92 Å². The van der Waals surface area contributed by atoms with Gasteiger partial charge in [0.2, 0.25) is 0 Å². The first kappa shape index (κ1) is 13.6. The van der Waals surface area contributed by atoms with Crippen LogP contribution in [0.2, 0.25) is 0 Å². The molecule has 0 aromatic heterocycles. The van der Waals surface area contributed by atoms with Gasteiger partial charge < -0.3 is 5.32 Å². The van der Waals surface area contributed by atoms with E-state index >= 15 is 0 Å². The van der Waals surface area contributed by atoms with Crippen molar-refractivity contribution >= 4 is 18.5 Å². The molecular formula is C16H22ClN. The summed E-state index contributed by atoms with van der Waals surface area (Å²) in [5, 5.41) is 3.44. The van der Waals surface area contributed by atoms with Gasteiger partial charge in [-0.1, -0.05) is 36.4 Å². The van der Waals surface area contributed by atoms with Crippen LogP contribution >= 0.6 is 12.4 Å². The number of fused-ring (bicyclic) bond motifs is 1. The van der Waals surface area contributed by atoms with Crippen LogP contribution in [0.25, 0.3) is 6.08 Å². The Hall–Kier alpha value is -0.790. The quantitative estimate of drug-likeness (QED) is 0.869. The molecule has 0 saturated carbocycles. The van der Waals surface area contributed by atoms with Crippen molar-refractivity contribution in [1.82, 2.24) is 5.32 Å². The molecule has 1 saturated heterocycles. The van der Waals surface area contributed by atoms with E-state index in [1.807, 2.05) is 0 Å². The molecule has 1 aromatic rings. The molecule has 1 aromatic carbocycles. The molecular weight excluding hydrogens is 242 g/mol. The van der Waals surface area contributed by atoms with E-state index in [0.29, 0.717) is 5.92 Å². The molecule has 1 heterocycles. The Balaban J connectivity index is 0.00000120. The van der Waals surface area contributed by atoms with Gasteiger partial charge in [-0.05, 0) is 55.8 Å². The second-order valence-corrected chi connectivity index (χ2v) is 5.37. The van der Waals surface area contributed by atoms with Gasteiger partial charge in [0.25, 0.3) is 0 Å². The fourth-order valence-electron chi connectivity index (χ4n) is 3.16. The topological polar surface area (TPSA) is 12.0 Å². The molecule has 2 heteroatoms. The van der Waals surface area contributed by atoms with E-state index in [1.165, 1.54) is 44.3 Å². The Bertz CT molecular complexity index is 407. The van der Waals surface area contributed by atoms with E-state index in [9.17, 15) is 0 Å². The summed E-state index contributed by atoms with van der Waals surface area (Å²) in [7, 11) is 0. The Kier molecular flexibility index (Phi) is 4.85. The third kappa shape index (κ3) is 2.96. The number of hydrogen-bond donors (Lipinski definition) is 1. The van der Waals surface area contributed by atoms with Crippen molar-refractivity contribution in [2.45, 2.75) is 31.6 Å². The zero-order chi connectivity index (χ0) is 11.5. The van der Waals surface area contributed by atoms with Gasteiger partial charge in [0.1, 0.15) is 0 Å². The predicted octanol–water partition coefficient (Wildman–Crippen LogP) is 4.00. The van der Waals surface area contributed by atoms with Crippen molar-refractivity contribution in [3.63, 3.8) is 0 Å². The van der Waals surface area contributed by atoms with Crippen LogP contribution in [0.15, 0.2) is 30.3 Å². The highest BCUT2D eigenvalue weighted by molar-refractivity contribution is 5.85. The van der Waals surface area contributed by atoms with Crippen LogP contribution in [-0.2, 0) is 0 Å². The van der Waals surface area contributed by atoms with E-state index in [4.69, 9.17) is 0 Å². The van der Waals surface area contributed by atoms with E-state index in [0.717, 1.165) is 5.92 Å². The maximum Gasteiger partial charge on any atom is 0.00273 e. The third-order valence-corrected chi connectivity index (χ3v) is 4.25. The van der Waals surface area contributed by atoms with E-state index in [1.54, 1.807) is 5.56 Å². The van der Waals surface area contributed by atoms with Crippen molar-refractivity contribution in [3.05, 3.63) is 41.5 Å². The molecule has 1 aliphatic heterocycles. The molecule has 18 heavy (non-hydrogen) atoms. The summed E-state index contributed by atoms with van der Waals surface area (Å²) in [5.41, 5.74) is 2.98. The summed E-state index contributed by atoms with van der Waals surface area (Å²) in [6.07, 6.45) is 10.2. The SMILES string of the molecule is C1=CC(CCC2CCNCC2)c2ccccc21.Cl. The molecule has 1 N–H and O–H groups in total. The highest BCUT2D eigenvalue weighted by atomic mass is 35.5. The number of nitrogens with one attached hydrogen (secondary N) is 1. The minimum Gasteiger partial charge on any atom is -0.317 e. The van der Waals surface area contributed by atoms with Crippen molar-refractivity contribution in [2.75, 3.05) is 13.1 Å². The zero-order valence-corrected chi connectivity index (χ0v) is 11.6. The van der Waals surface area contributed by atoms with Gasteiger partial charge in [-0.2, -0.15) is 0 Å². The lowest BCUT2D eigenvalue weighted by atomic mass is 9.87. The van der Waals surface area contributed by atoms with Gasteiger partial charge in [-0.25, -0.2) is 0 Å². The van der Waals surface area contributed by atoms with Gasteiger partial charge >= 0.3 is 0 Å². The van der Waals surface area contributed by atoms with Crippen molar-refractivity contribution < 1.29 is 0 Å². The monoisotopic (exact) mass is 263 g/mol. The molecule has 1 aliphatic carbocycles. The van der Waals surface area contributed by atoms with Crippen LogP contribution in [0.5, 0.6) is 0 Å². The second kappa shape index (κ2) is 6.40. The van der Waals surface area contributed by atoms with E-state index < -0.39 is 0 Å². The molecule has 2 aliphatic rings. The molecule has 0 radical (unpaired) electrons. The molecule has 0 amide bonds. The number of hydrogen-bond acceptors (Lipinski definition) is 1. The lowest BCUT2D eigenvalue weighted by molar-refractivity contribution is 0.343. The van der Waals surface area contributed by atoms with Gasteiger partial charge in [0.05, 0.1) is 0 Å². The minimum atomic E-state index is 0. The Morgan fingerprint density at radius 2 is 1.83 bits per heavy atom. The molecule has 1 fully saturated rings.